The minimum Gasteiger partial charge on any atom is -0.324 e. The van der Waals surface area contributed by atoms with Crippen LogP contribution in [0.5, 0.6) is 0 Å². The summed E-state index contributed by atoms with van der Waals surface area (Å²) in [5.74, 6) is -0.734. The molecule has 1 aromatic carbocycles. The molecule has 4 amide bonds. The summed E-state index contributed by atoms with van der Waals surface area (Å²) < 4.78 is 0. The van der Waals surface area contributed by atoms with Crippen molar-refractivity contribution in [2.24, 2.45) is 5.92 Å². The normalized spacial score (nSPS) is 25.6. The van der Waals surface area contributed by atoms with Crippen LogP contribution in [0.25, 0.3) is 0 Å². The van der Waals surface area contributed by atoms with Gasteiger partial charge < -0.3 is 10.6 Å². The van der Waals surface area contributed by atoms with Crippen molar-refractivity contribution in [3.05, 3.63) is 29.8 Å². The van der Waals surface area contributed by atoms with Crippen LogP contribution in [0.4, 0.5) is 10.5 Å². The first kappa shape index (κ1) is 17.0. The van der Waals surface area contributed by atoms with Gasteiger partial charge in [-0.25, -0.2) is 4.79 Å². The smallest absolute Gasteiger partial charge is 0.324 e. The lowest BCUT2D eigenvalue weighted by Crippen LogP contribution is -2.54. The maximum absolute atomic E-state index is 12.8. The molecule has 0 aromatic heterocycles. The minimum atomic E-state index is -0.865. The van der Waals surface area contributed by atoms with E-state index < -0.39 is 17.5 Å². The van der Waals surface area contributed by atoms with E-state index in [2.05, 4.69) is 10.6 Å². The van der Waals surface area contributed by atoms with Crippen LogP contribution in [-0.2, 0) is 9.59 Å². The lowest BCUT2D eigenvalue weighted by molar-refractivity contribution is -0.136. The molecule has 2 aliphatic rings. The number of nitriles is 1. The number of amides is 4. The number of hydrogen-bond acceptors (Lipinski definition) is 4. The number of rotatable bonds is 3. The van der Waals surface area contributed by atoms with Crippen LogP contribution >= 0.6 is 0 Å². The van der Waals surface area contributed by atoms with Crippen molar-refractivity contribution in [1.82, 2.24) is 10.2 Å². The zero-order valence-corrected chi connectivity index (χ0v) is 14.0. The van der Waals surface area contributed by atoms with Gasteiger partial charge in [0.2, 0.25) is 5.91 Å². The van der Waals surface area contributed by atoms with Gasteiger partial charge in [-0.1, -0.05) is 25.8 Å². The number of imide groups is 1. The van der Waals surface area contributed by atoms with Crippen LogP contribution in [-0.4, -0.2) is 34.8 Å². The highest BCUT2D eigenvalue weighted by Gasteiger charge is 2.55. The zero-order valence-electron chi connectivity index (χ0n) is 14.0. The molecule has 7 heteroatoms. The Morgan fingerprint density at radius 1 is 1.44 bits per heavy atom. The monoisotopic (exact) mass is 340 g/mol. The molecule has 1 spiro atoms. The predicted octanol–water partition coefficient (Wildman–Crippen LogP) is 2.00. The SMILES string of the molecule is CC1CCCCC12NC(=O)N(CC(=O)Nc1cccc(C#N)c1)C2=O. The lowest BCUT2D eigenvalue weighted by atomic mass is 9.73. The maximum atomic E-state index is 12.8. The molecule has 2 atom stereocenters. The molecular formula is C18H20N4O3. The van der Waals surface area contributed by atoms with Gasteiger partial charge in [0, 0.05) is 5.69 Å². The average Bonchev–Trinajstić information content (AvgIpc) is 2.83. The van der Waals surface area contributed by atoms with Gasteiger partial charge >= 0.3 is 6.03 Å². The van der Waals surface area contributed by atoms with Gasteiger partial charge in [-0.15, -0.1) is 0 Å². The average molecular weight is 340 g/mol. The summed E-state index contributed by atoms with van der Waals surface area (Å²) in [6.07, 6.45) is 3.42. The van der Waals surface area contributed by atoms with Gasteiger partial charge in [0.25, 0.3) is 5.91 Å². The van der Waals surface area contributed by atoms with Gasteiger partial charge in [-0.05, 0) is 37.0 Å². The first-order valence-corrected chi connectivity index (χ1v) is 8.40. The van der Waals surface area contributed by atoms with Gasteiger partial charge in [-0.3, -0.25) is 14.5 Å². The number of nitrogens with one attached hydrogen (secondary N) is 2. The third-order valence-corrected chi connectivity index (χ3v) is 5.08. The molecule has 2 fully saturated rings. The van der Waals surface area contributed by atoms with Crippen molar-refractivity contribution in [2.45, 2.75) is 38.1 Å². The number of hydrogen-bond donors (Lipinski definition) is 2. The first-order chi connectivity index (χ1) is 12.0. The van der Waals surface area contributed by atoms with E-state index in [1.165, 1.54) is 6.07 Å². The van der Waals surface area contributed by atoms with E-state index in [0.29, 0.717) is 17.7 Å². The summed E-state index contributed by atoms with van der Waals surface area (Å²) in [5.41, 5.74) is 0.00991. The Kier molecular flexibility index (Phi) is 4.45. The van der Waals surface area contributed by atoms with Crippen molar-refractivity contribution in [3.8, 4) is 6.07 Å². The standard InChI is InChI=1S/C18H20N4O3/c1-12-5-2-3-8-18(12)16(24)22(17(25)21-18)11-15(23)20-14-7-4-6-13(9-14)10-19/h4,6-7,9,12H,2-3,5,8,11H2,1H3,(H,20,23)(H,21,25). The van der Waals surface area contributed by atoms with Crippen LogP contribution < -0.4 is 10.6 Å². The highest BCUT2D eigenvalue weighted by molar-refractivity contribution is 6.10. The molecule has 3 rings (SSSR count). The van der Waals surface area contributed by atoms with Gasteiger partial charge in [0.15, 0.2) is 0 Å². The van der Waals surface area contributed by atoms with E-state index in [1.807, 2.05) is 13.0 Å². The number of anilines is 1. The van der Waals surface area contributed by atoms with Crippen LogP contribution in [0.2, 0.25) is 0 Å². The predicted molar refractivity (Wildman–Crippen MR) is 90.4 cm³/mol. The van der Waals surface area contributed by atoms with Crippen molar-refractivity contribution < 1.29 is 14.4 Å². The second kappa shape index (κ2) is 6.55. The van der Waals surface area contributed by atoms with E-state index in [1.54, 1.807) is 18.2 Å². The van der Waals surface area contributed by atoms with E-state index in [-0.39, 0.29) is 18.4 Å². The summed E-state index contributed by atoms with van der Waals surface area (Å²) >= 11 is 0. The number of carbonyl (C=O) groups is 3. The molecular weight excluding hydrogens is 320 g/mol. The van der Waals surface area contributed by atoms with E-state index in [0.717, 1.165) is 24.2 Å². The van der Waals surface area contributed by atoms with Crippen LogP contribution in [0.1, 0.15) is 38.2 Å². The summed E-state index contributed by atoms with van der Waals surface area (Å²) in [5, 5.41) is 14.3. The lowest BCUT2D eigenvalue weighted by Gasteiger charge is -2.36. The molecule has 1 aliphatic carbocycles. The topological polar surface area (TPSA) is 102 Å². The molecule has 25 heavy (non-hydrogen) atoms. The van der Waals surface area contributed by atoms with Crippen molar-refractivity contribution in [2.75, 3.05) is 11.9 Å². The zero-order chi connectivity index (χ0) is 18.0. The van der Waals surface area contributed by atoms with E-state index in [9.17, 15) is 14.4 Å². The Hall–Kier alpha value is -2.88. The largest absolute Gasteiger partial charge is 0.325 e. The van der Waals surface area contributed by atoms with Gasteiger partial charge in [0.05, 0.1) is 11.6 Å². The quantitative estimate of drug-likeness (QED) is 0.822. The Bertz CT molecular complexity index is 770. The molecule has 1 heterocycles. The number of benzene rings is 1. The molecule has 2 N–H and O–H groups in total. The Morgan fingerprint density at radius 2 is 2.24 bits per heavy atom. The molecule has 1 aliphatic heterocycles. The summed E-state index contributed by atoms with van der Waals surface area (Å²) in [7, 11) is 0. The van der Waals surface area contributed by atoms with Gasteiger partial charge in [0.1, 0.15) is 12.1 Å². The van der Waals surface area contributed by atoms with Crippen LogP contribution in [0.3, 0.4) is 0 Å². The minimum absolute atomic E-state index is 0.0538. The van der Waals surface area contributed by atoms with Crippen LogP contribution in [0, 0.1) is 17.2 Å². The van der Waals surface area contributed by atoms with Crippen molar-refractivity contribution >= 4 is 23.5 Å². The van der Waals surface area contributed by atoms with Crippen molar-refractivity contribution in [3.63, 3.8) is 0 Å². The summed E-state index contributed by atoms with van der Waals surface area (Å²) in [6.45, 7) is 1.63. The molecule has 7 nitrogen and oxygen atoms in total. The number of urea groups is 1. The van der Waals surface area contributed by atoms with Gasteiger partial charge in [-0.2, -0.15) is 5.26 Å². The Labute approximate surface area is 146 Å². The fourth-order valence-electron chi connectivity index (χ4n) is 3.65. The highest BCUT2D eigenvalue weighted by Crippen LogP contribution is 2.38. The molecule has 0 radical (unpaired) electrons. The number of carbonyl (C=O) groups excluding carboxylic acids is 3. The number of nitrogens with zero attached hydrogens (tertiary/aromatic N) is 2. The Balaban J connectivity index is 1.70. The molecule has 1 saturated heterocycles. The molecule has 0 bridgehead atoms. The molecule has 1 saturated carbocycles. The molecule has 2 unspecified atom stereocenters. The van der Waals surface area contributed by atoms with E-state index >= 15 is 0 Å². The second-order valence-corrected chi connectivity index (χ2v) is 6.68. The summed E-state index contributed by atoms with van der Waals surface area (Å²) in [6, 6.07) is 7.94. The Morgan fingerprint density at radius 3 is 2.96 bits per heavy atom. The third-order valence-electron chi connectivity index (χ3n) is 5.08. The maximum Gasteiger partial charge on any atom is 0.325 e. The second-order valence-electron chi connectivity index (χ2n) is 6.68. The fraction of sp³-hybridized carbons (Fsp3) is 0.444. The first-order valence-electron chi connectivity index (χ1n) is 8.40. The molecule has 1 aromatic rings. The van der Waals surface area contributed by atoms with Crippen molar-refractivity contribution in [1.29, 1.82) is 5.26 Å². The fourth-order valence-corrected chi connectivity index (χ4v) is 3.65. The third kappa shape index (κ3) is 3.07. The highest BCUT2D eigenvalue weighted by atomic mass is 16.2. The summed E-state index contributed by atoms with van der Waals surface area (Å²) in [4.78, 5) is 38.3. The molecule has 130 valence electrons. The van der Waals surface area contributed by atoms with Crippen LogP contribution in [0.15, 0.2) is 24.3 Å². The van der Waals surface area contributed by atoms with E-state index in [4.69, 9.17) is 5.26 Å².